The van der Waals surface area contributed by atoms with Gasteiger partial charge in [-0.25, -0.2) is 9.97 Å². The Morgan fingerprint density at radius 2 is 1.75 bits per heavy atom. The summed E-state index contributed by atoms with van der Waals surface area (Å²) in [5.41, 5.74) is 1.99. The van der Waals surface area contributed by atoms with E-state index in [9.17, 15) is 4.79 Å². The molecule has 28 heavy (non-hydrogen) atoms. The van der Waals surface area contributed by atoms with Gasteiger partial charge in [-0.1, -0.05) is 24.3 Å². The van der Waals surface area contributed by atoms with Crippen molar-refractivity contribution in [2.45, 2.75) is 25.5 Å². The van der Waals surface area contributed by atoms with Crippen molar-refractivity contribution in [3.63, 3.8) is 0 Å². The molecule has 1 aliphatic rings. The van der Waals surface area contributed by atoms with E-state index in [4.69, 9.17) is 9.72 Å². The Balaban J connectivity index is 1.24. The molecule has 1 fully saturated rings. The van der Waals surface area contributed by atoms with Gasteiger partial charge in [-0.3, -0.25) is 4.79 Å². The summed E-state index contributed by atoms with van der Waals surface area (Å²) < 4.78 is 8.02. The van der Waals surface area contributed by atoms with Crippen LogP contribution < -0.4 is 0 Å². The highest BCUT2D eigenvalue weighted by Gasteiger charge is 2.32. The third-order valence-corrected chi connectivity index (χ3v) is 7.11. The van der Waals surface area contributed by atoms with Crippen molar-refractivity contribution < 1.29 is 9.53 Å². The summed E-state index contributed by atoms with van der Waals surface area (Å²) in [4.78, 5) is 24.0. The number of carbonyl (C=O) groups is 1. The lowest BCUT2D eigenvalue weighted by molar-refractivity contribution is -0.137. The lowest BCUT2D eigenvalue weighted by Gasteiger charge is -2.22. The zero-order valence-electron chi connectivity index (χ0n) is 15.2. The molecule has 5 rings (SSSR count). The van der Waals surface area contributed by atoms with Crippen LogP contribution in [-0.2, 0) is 16.1 Å². The minimum Gasteiger partial charge on any atom is -0.364 e. The van der Waals surface area contributed by atoms with Crippen LogP contribution in [0, 0.1) is 0 Å². The average Bonchev–Trinajstić information content (AvgIpc) is 3.43. The van der Waals surface area contributed by atoms with Crippen LogP contribution >= 0.6 is 22.7 Å². The van der Waals surface area contributed by atoms with Crippen molar-refractivity contribution in [2.75, 3.05) is 13.2 Å². The van der Waals surface area contributed by atoms with Crippen LogP contribution in [0.2, 0.25) is 0 Å². The van der Waals surface area contributed by atoms with Crippen LogP contribution in [0.3, 0.4) is 0 Å². The molecule has 0 N–H and O–H groups in total. The molecule has 4 aromatic rings. The van der Waals surface area contributed by atoms with Gasteiger partial charge in [-0.05, 0) is 37.1 Å². The van der Waals surface area contributed by atoms with Crippen molar-refractivity contribution >= 4 is 49.0 Å². The predicted molar refractivity (Wildman–Crippen MR) is 113 cm³/mol. The first-order valence-corrected chi connectivity index (χ1v) is 11.0. The number of carbonyl (C=O) groups excluding carboxylic acids is 1. The number of rotatable bonds is 5. The summed E-state index contributed by atoms with van der Waals surface area (Å²) in [6.45, 7) is 1.21. The number of nitrogens with zero attached hydrogens (tertiary/aromatic N) is 3. The van der Waals surface area contributed by atoms with Gasteiger partial charge in [0.15, 0.2) is 0 Å². The van der Waals surface area contributed by atoms with Crippen LogP contribution in [0.15, 0.2) is 48.5 Å². The number of amides is 1. The molecule has 3 heterocycles. The molecule has 0 aliphatic carbocycles. The molecular weight excluding hydrogens is 390 g/mol. The van der Waals surface area contributed by atoms with Crippen molar-refractivity contribution in [2.24, 2.45) is 0 Å². The quantitative estimate of drug-likeness (QED) is 0.476. The van der Waals surface area contributed by atoms with Crippen molar-refractivity contribution in [3.05, 3.63) is 58.5 Å². The van der Waals surface area contributed by atoms with Gasteiger partial charge in [0.25, 0.3) is 0 Å². The van der Waals surface area contributed by atoms with E-state index in [-0.39, 0.29) is 18.6 Å². The third-order valence-electron chi connectivity index (χ3n) is 4.96. The highest BCUT2D eigenvalue weighted by Crippen LogP contribution is 2.36. The number of thiazole rings is 2. The molecule has 1 atom stereocenters. The van der Waals surface area contributed by atoms with Crippen molar-refractivity contribution in [1.82, 2.24) is 14.9 Å². The molecule has 7 heteroatoms. The fraction of sp³-hybridized carbons (Fsp3) is 0.286. The minimum atomic E-state index is 0.0304. The van der Waals surface area contributed by atoms with Crippen molar-refractivity contribution in [1.29, 1.82) is 0 Å². The topological polar surface area (TPSA) is 55.3 Å². The van der Waals surface area contributed by atoms with Gasteiger partial charge >= 0.3 is 0 Å². The van der Waals surface area contributed by atoms with Gasteiger partial charge in [0.1, 0.15) is 16.6 Å². The van der Waals surface area contributed by atoms with Crippen LogP contribution in [0.5, 0.6) is 0 Å². The zero-order chi connectivity index (χ0) is 18.9. The van der Waals surface area contributed by atoms with Crippen LogP contribution in [0.25, 0.3) is 20.4 Å². The first-order valence-electron chi connectivity index (χ1n) is 9.35. The molecule has 1 amide bonds. The van der Waals surface area contributed by atoms with Gasteiger partial charge in [0, 0.05) is 6.54 Å². The highest BCUT2D eigenvalue weighted by molar-refractivity contribution is 7.18. The first-order chi connectivity index (χ1) is 13.8. The predicted octanol–water partition coefficient (Wildman–Crippen LogP) is 4.79. The molecule has 2 aromatic heterocycles. The monoisotopic (exact) mass is 409 g/mol. The Morgan fingerprint density at radius 3 is 2.50 bits per heavy atom. The third kappa shape index (κ3) is 3.41. The van der Waals surface area contributed by atoms with E-state index in [1.165, 1.54) is 4.70 Å². The SMILES string of the molecule is O=C(COCc1nc2ccccc2s1)N1CCC[C@@H]1c1nc2ccccc2s1. The first kappa shape index (κ1) is 17.7. The van der Waals surface area contributed by atoms with Crippen LogP contribution in [-0.4, -0.2) is 33.9 Å². The van der Waals surface area contributed by atoms with E-state index >= 15 is 0 Å². The minimum absolute atomic E-state index is 0.0304. The number of fused-ring (bicyclic) bond motifs is 2. The lowest BCUT2D eigenvalue weighted by atomic mass is 10.2. The fourth-order valence-corrected chi connectivity index (χ4v) is 5.67. The van der Waals surface area contributed by atoms with E-state index in [2.05, 4.69) is 17.1 Å². The molecule has 0 unspecified atom stereocenters. The maximum atomic E-state index is 12.8. The number of para-hydroxylation sites is 2. The smallest absolute Gasteiger partial charge is 0.249 e. The highest BCUT2D eigenvalue weighted by atomic mass is 32.1. The zero-order valence-corrected chi connectivity index (χ0v) is 16.8. The number of aromatic nitrogens is 2. The van der Waals surface area contributed by atoms with E-state index in [0.717, 1.165) is 45.1 Å². The Kier molecular flexibility index (Phi) is 4.80. The lowest BCUT2D eigenvalue weighted by Crippen LogP contribution is -2.33. The number of hydrogen-bond acceptors (Lipinski definition) is 6. The average molecular weight is 410 g/mol. The number of likely N-dealkylation sites (tertiary alicyclic amines) is 1. The molecule has 142 valence electrons. The van der Waals surface area contributed by atoms with Crippen molar-refractivity contribution in [3.8, 4) is 0 Å². The molecule has 2 aromatic carbocycles. The molecule has 0 spiro atoms. The van der Waals surface area contributed by atoms with Crippen LogP contribution in [0.1, 0.15) is 28.9 Å². The molecule has 1 aliphatic heterocycles. The number of benzene rings is 2. The number of hydrogen-bond donors (Lipinski definition) is 0. The Labute approximate surface area is 170 Å². The molecule has 0 saturated carbocycles. The standard InChI is InChI=1S/C21H19N3O2S2/c25-20(13-26-12-19-22-14-6-1-3-9-17(14)27-19)24-11-5-8-16(24)21-23-15-7-2-4-10-18(15)28-21/h1-4,6-7,9-10,16H,5,8,11-13H2/t16-/m1/s1. The Bertz CT molecular complexity index is 1070. The Morgan fingerprint density at radius 1 is 1.04 bits per heavy atom. The number of ether oxygens (including phenoxy) is 1. The normalized spacial score (nSPS) is 17.0. The van der Waals surface area contributed by atoms with Gasteiger partial charge in [-0.2, -0.15) is 0 Å². The van der Waals surface area contributed by atoms with Gasteiger partial charge in [0.05, 0.1) is 33.1 Å². The van der Waals surface area contributed by atoms with E-state index in [0.29, 0.717) is 6.61 Å². The van der Waals surface area contributed by atoms with E-state index < -0.39 is 0 Å². The van der Waals surface area contributed by atoms with Gasteiger partial charge in [-0.15, -0.1) is 22.7 Å². The maximum Gasteiger partial charge on any atom is 0.249 e. The maximum absolute atomic E-state index is 12.8. The summed E-state index contributed by atoms with van der Waals surface area (Å²) in [6, 6.07) is 16.2. The summed E-state index contributed by atoms with van der Waals surface area (Å²) >= 11 is 3.30. The summed E-state index contributed by atoms with van der Waals surface area (Å²) in [5.74, 6) is 0.0304. The second kappa shape index (κ2) is 7.58. The van der Waals surface area contributed by atoms with E-state index in [1.54, 1.807) is 22.7 Å². The molecular formula is C21H19N3O2S2. The summed E-state index contributed by atoms with van der Waals surface area (Å²) in [7, 11) is 0. The Hall–Kier alpha value is -2.35. The summed E-state index contributed by atoms with van der Waals surface area (Å²) in [5, 5.41) is 1.93. The molecule has 0 radical (unpaired) electrons. The summed E-state index contributed by atoms with van der Waals surface area (Å²) in [6.07, 6.45) is 1.97. The molecule has 5 nitrogen and oxygen atoms in total. The van der Waals surface area contributed by atoms with Crippen LogP contribution in [0.4, 0.5) is 0 Å². The van der Waals surface area contributed by atoms with Gasteiger partial charge in [0.2, 0.25) is 5.91 Å². The fourth-order valence-electron chi connectivity index (χ4n) is 3.64. The second-order valence-corrected chi connectivity index (χ2v) is 9.01. The second-order valence-electron chi connectivity index (χ2n) is 6.83. The molecule has 1 saturated heterocycles. The van der Waals surface area contributed by atoms with Gasteiger partial charge < -0.3 is 9.64 Å². The molecule has 0 bridgehead atoms. The largest absolute Gasteiger partial charge is 0.364 e. The van der Waals surface area contributed by atoms with E-state index in [1.807, 2.05) is 41.3 Å².